The van der Waals surface area contributed by atoms with Crippen molar-refractivity contribution < 1.29 is 32.2 Å². The van der Waals surface area contributed by atoms with Crippen molar-refractivity contribution in [3.8, 4) is 17.2 Å². The van der Waals surface area contributed by atoms with E-state index in [0.29, 0.717) is 25.6 Å². The highest BCUT2D eigenvalue weighted by molar-refractivity contribution is 6.04. The lowest BCUT2D eigenvalue weighted by molar-refractivity contribution is -0.0608. The summed E-state index contributed by atoms with van der Waals surface area (Å²) in [5.74, 6) is 2.32. The van der Waals surface area contributed by atoms with E-state index in [4.69, 9.17) is 14.2 Å². The highest BCUT2D eigenvalue weighted by Crippen LogP contribution is 2.29. The number of allylic oxidation sites excluding steroid dienone is 1. The molecule has 0 N–H and O–H groups in total. The fourth-order valence-corrected chi connectivity index (χ4v) is 3.21. The van der Waals surface area contributed by atoms with Crippen LogP contribution in [0.25, 0.3) is 0 Å². The molecule has 0 saturated heterocycles. The van der Waals surface area contributed by atoms with Crippen molar-refractivity contribution >= 4 is 5.71 Å². The van der Waals surface area contributed by atoms with Gasteiger partial charge in [-0.3, -0.25) is 0 Å². The zero-order valence-corrected chi connectivity index (χ0v) is 20.2. The maximum atomic E-state index is 13.1. The first-order valence-corrected chi connectivity index (χ1v) is 11.0. The van der Waals surface area contributed by atoms with Crippen molar-refractivity contribution in [2.45, 2.75) is 40.3 Å². The number of hydrogen-bond donors (Lipinski definition) is 0. The molecule has 0 heterocycles. The predicted octanol–water partition coefficient (Wildman–Crippen LogP) is 6.66. The van der Waals surface area contributed by atoms with Gasteiger partial charge in [0.25, 0.3) is 0 Å². The molecule has 2 rings (SSSR count). The molecule has 0 fully saturated rings. The van der Waals surface area contributed by atoms with Crippen LogP contribution in [0, 0.1) is 19.8 Å². The van der Waals surface area contributed by atoms with Gasteiger partial charge in [-0.2, -0.15) is 13.2 Å². The fraction of sp³-hybridized carbons (Fsp3) is 0.423. The Morgan fingerprint density at radius 3 is 2.21 bits per heavy atom. The van der Waals surface area contributed by atoms with Crippen LogP contribution in [0.4, 0.5) is 13.2 Å². The zero-order chi connectivity index (χ0) is 25.1. The quantitative estimate of drug-likeness (QED) is 0.194. The molecule has 0 radical (unpaired) electrons. The third kappa shape index (κ3) is 8.32. The molecule has 0 bridgehead atoms. The summed E-state index contributed by atoms with van der Waals surface area (Å²) >= 11 is 0. The highest BCUT2D eigenvalue weighted by atomic mass is 19.4. The molecule has 0 amide bonds. The van der Waals surface area contributed by atoms with Crippen molar-refractivity contribution in [1.29, 1.82) is 0 Å². The lowest BCUT2D eigenvalue weighted by Crippen LogP contribution is -2.24. The molecule has 186 valence electrons. The van der Waals surface area contributed by atoms with Crippen LogP contribution >= 0.6 is 0 Å². The summed E-state index contributed by atoms with van der Waals surface area (Å²) in [5, 5.41) is 3.09. The number of halogens is 3. The van der Waals surface area contributed by atoms with Crippen molar-refractivity contribution in [3.63, 3.8) is 0 Å². The second-order valence-electron chi connectivity index (χ2n) is 7.96. The molecule has 2 aromatic rings. The normalized spacial score (nSPS) is 13.1. The lowest BCUT2D eigenvalue weighted by Gasteiger charge is -2.17. The molecule has 2 aromatic carbocycles. The number of hydrogen-bond acceptors (Lipinski definition) is 5. The van der Waals surface area contributed by atoms with Crippen molar-refractivity contribution in [2.24, 2.45) is 11.1 Å². The summed E-state index contributed by atoms with van der Waals surface area (Å²) in [6, 6.07) is 9.52. The van der Waals surface area contributed by atoms with E-state index in [1.54, 1.807) is 0 Å². The molecule has 34 heavy (non-hydrogen) atoms. The Morgan fingerprint density at radius 1 is 1.00 bits per heavy atom. The van der Waals surface area contributed by atoms with Crippen LogP contribution in [-0.2, 0) is 4.84 Å². The summed E-state index contributed by atoms with van der Waals surface area (Å²) in [4.78, 5) is 4.32. The molecule has 0 spiro atoms. The van der Waals surface area contributed by atoms with Crippen molar-refractivity contribution in [1.82, 2.24) is 0 Å². The van der Waals surface area contributed by atoms with E-state index in [2.05, 4.69) is 9.99 Å². The van der Waals surface area contributed by atoms with Crippen LogP contribution in [0.1, 0.15) is 37.0 Å². The number of rotatable bonds is 12. The van der Waals surface area contributed by atoms with E-state index in [9.17, 15) is 13.2 Å². The maximum Gasteiger partial charge on any atom is 0.437 e. The molecule has 1 unspecified atom stereocenters. The average Bonchev–Trinajstić information content (AvgIpc) is 2.78. The monoisotopic (exact) mass is 479 g/mol. The number of nitrogens with zero attached hydrogens (tertiary/aromatic N) is 1. The zero-order valence-electron chi connectivity index (χ0n) is 20.2. The highest BCUT2D eigenvalue weighted by Gasteiger charge is 2.37. The van der Waals surface area contributed by atoms with Crippen molar-refractivity contribution in [3.05, 3.63) is 65.2 Å². The number of ether oxygens (including phenoxy) is 3. The van der Waals surface area contributed by atoms with Gasteiger partial charge in [-0.15, -0.1) is 0 Å². The summed E-state index contributed by atoms with van der Waals surface area (Å²) in [6.07, 6.45) is 0.0412. The Balaban J connectivity index is 1.84. The fourth-order valence-electron chi connectivity index (χ4n) is 3.21. The molecule has 1 atom stereocenters. The first-order chi connectivity index (χ1) is 16.2. The first kappa shape index (κ1) is 27.1. The third-order valence-electron chi connectivity index (χ3n) is 4.99. The SMILES string of the molecule is C/C=C/COc1cc(C)c(OCCC(C)COc2ccc(C(=NOC)C(F)(F)F)cc2)c(C)c1. The molecule has 0 saturated carbocycles. The summed E-state index contributed by atoms with van der Waals surface area (Å²) < 4.78 is 56.6. The minimum absolute atomic E-state index is 0.0906. The Labute approximate surface area is 199 Å². The van der Waals surface area contributed by atoms with Gasteiger partial charge in [0.05, 0.1) is 13.2 Å². The topological polar surface area (TPSA) is 49.3 Å². The van der Waals surface area contributed by atoms with E-state index in [1.165, 1.54) is 24.3 Å². The summed E-state index contributed by atoms with van der Waals surface area (Å²) in [6.45, 7) is 9.42. The van der Waals surface area contributed by atoms with Gasteiger partial charge in [0.1, 0.15) is 31.0 Å². The van der Waals surface area contributed by atoms with Gasteiger partial charge in [0.15, 0.2) is 5.71 Å². The van der Waals surface area contributed by atoms with Crippen molar-refractivity contribution in [2.75, 3.05) is 26.9 Å². The molecule has 8 heteroatoms. The average molecular weight is 480 g/mol. The summed E-state index contributed by atoms with van der Waals surface area (Å²) in [5.41, 5.74) is 0.839. The Hall–Kier alpha value is -3.16. The molecule has 0 aliphatic carbocycles. The second-order valence-corrected chi connectivity index (χ2v) is 7.96. The number of aryl methyl sites for hydroxylation is 2. The number of benzene rings is 2. The van der Waals surface area contributed by atoms with Gasteiger partial charge in [-0.05, 0) is 80.6 Å². The molecule has 5 nitrogen and oxygen atoms in total. The molecule has 0 aliphatic rings. The van der Waals surface area contributed by atoms with Gasteiger partial charge in [0, 0.05) is 5.56 Å². The van der Waals surface area contributed by atoms with Crippen LogP contribution in [-0.4, -0.2) is 38.8 Å². The predicted molar refractivity (Wildman–Crippen MR) is 127 cm³/mol. The van der Waals surface area contributed by atoms with E-state index < -0.39 is 11.9 Å². The van der Waals surface area contributed by atoms with Gasteiger partial charge in [-0.1, -0.05) is 24.2 Å². The van der Waals surface area contributed by atoms with E-state index in [1.807, 2.05) is 52.0 Å². The van der Waals surface area contributed by atoms with Gasteiger partial charge in [0.2, 0.25) is 0 Å². The maximum absolute atomic E-state index is 13.1. The Kier molecular flexibility index (Phi) is 10.3. The van der Waals surface area contributed by atoms with Crippen LogP contribution in [0.3, 0.4) is 0 Å². The minimum Gasteiger partial charge on any atom is -0.493 e. The van der Waals surface area contributed by atoms with Gasteiger partial charge >= 0.3 is 6.18 Å². The second kappa shape index (κ2) is 12.9. The van der Waals surface area contributed by atoms with Crippen LogP contribution < -0.4 is 14.2 Å². The minimum atomic E-state index is -4.61. The molecular formula is C26H32F3NO4. The van der Waals surface area contributed by atoms with Crippen LogP contribution in [0.15, 0.2) is 53.7 Å². The standard InChI is InChI=1S/C26H32F3NO4/c1-6-7-13-32-23-15-19(3)24(20(4)16-23)33-14-12-18(2)17-34-22-10-8-21(9-11-22)25(30-31-5)26(27,28)29/h6-11,15-16,18H,12-14,17H2,1-5H3/b7-6+,30-25?. The Morgan fingerprint density at radius 2 is 1.65 bits per heavy atom. The summed E-state index contributed by atoms with van der Waals surface area (Å²) in [7, 11) is 1.08. The lowest BCUT2D eigenvalue weighted by atomic mass is 10.1. The third-order valence-corrected chi connectivity index (χ3v) is 4.99. The first-order valence-electron chi connectivity index (χ1n) is 11.0. The van der Waals surface area contributed by atoms with Crippen LogP contribution in [0.5, 0.6) is 17.2 Å². The van der Waals surface area contributed by atoms with Gasteiger partial charge < -0.3 is 19.0 Å². The van der Waals surface area contributed by atoms with Gasteiger partial charge in [-0.25, -0.2) is 0 Å². The van der Waals surface area contributed by atoms with E-state index >= 15 is 0 Å². The molecule has 0 aromatic heterocycles. The largest absolute Gasteiger partial charge is 0.493 e. The van der Waals surface area contributed by atoms with E-state index in [0.717, 1.165) is 36.2 Å². The Bertz CT molecular complexity index is 946. The van der Waals surface area contributed by atoms with E-state index in [-0.39, 0.29) is 11.5 Å². The number of oxime groups is 1. The van der Waals surface area contributed by atoms with Crippen LogP contribution in [0.2, 0.25) is 0 Å². The molecule has 0 aliphatic heterocycles. The smallest absolute Gasteiger partial charge is 0.437 e. The molecular weight excluding hydrogens is 447 g/mol. The number of alkyl halides is 3.